The summed E-state index contributed by atoms with van der Waals surface area (Å²) >= 11 is 1.25. The second-order valence-corrected chi connectivity index (χ2v) is 5.24. The first-order valence-electron chi connectivity index (χ1n) is 6.87. The third-order valence-electron chi connectivity index (χ3n) is 2.55. The van der Waals surface area contributed by atoms with Crippen LogP contribution in [0.1, 0.15) is 31.7 Å². The molecule has 0 radical (unpaired) electrons. The number of anilines is 1. The Kier molecular flexibility index (Phi) is 5.38. The standard InChI is InChI=1S/C13H19N5O2S/c1-5-7-19-11-16-10(14-6-2)17-12(18-11)21-13-15-8(3)9(4)20-13/h5-7H2,1-4H3,(H,14,16,17,18). The van der Waals surface area contributed by atoms with Gasteiger partial charge < -0.3 is 14.5 Å². The van der Waals surface area contributed by atoms with Gasteiger partial charge in [-0.3, -0.25) is 0 Å². The number of rotatable bonds is 7. The normalized spacial score (nSPS) is 10.7. The maximum absolute atomic E-state index is 5.53. The van der Waals surface area contributed by atoms with Crippen LogP contribution in [0.4, 0.5) is 5.95 Å². The minimum atomic E-state index is 0.310. The van der Waals surface area contributed by atoms with Crippen molar-refractivity contribution in [3.63, 3.8) is 0 Å². The summed E-state index contributed by atoms with van der Waals surface area (Å²) in [6.07, 6.45) is 0.892. The number of ether oxygens (including phenoxy) is 1. The zero-order valence-corrected chi connectivity index (χ0v) is 13.5. The molecule has 0 atom stereocenters. The molecule has 2 aromatic heterocycles. The minimum Gasteiger partial charge on any atom is -0.463 e. The molecule has 8 heteroatoms. The Bertz CT molecular complexity index is 583. The first kappa shape index (κ1) is 15.6. The Balaban J connectivity index is 2.21. The molecule has 0 aromatic carbocycles. The van der Waals surface area contributed by atoms with E-state index in [0.717, 1.165) is 24.4 Å². The topological polar surface area (TPSA) is 86.0 Å². The van der Waals surface area contributed by atoms with Gasteiger partial charge in [0.1, 0.15) is 5.76 Å². The third kappa shape index (κ3) is 4.32. The molecular formula is C13H19N5O2S. The van der Waals surface area contributed by atoms with Crippen molar-refractivity contribution >= 4 is 17.7 Å². The quantitative estimate of drug-likeness (QED) is 0.835. The lowest BCUT2D eigenvalue weighted by Gasteiger charge is -2.07. The van der Waals surface area contributed by atoms with Crippen LogP contribution in [0.15, 0.2) is 14.8 Å². The van der Waals surface area contributed by atoms with Crippen LogP contribution >= 0.6 is 11.8 Å². The summed E-state index contributed by atoms with van der Waals surface area (Å²) in [4.78, 5) is 17.1. The molecule has 0 bridgehead atoms. The van der Waals surface area contributed by atoms with Gasteiger partial charge in [0.15, 0.2) is 0 Å². The van der Waals surface area contributed by atoms with Gasteiger partial charge in [0.05, 0.1) is 12.3 Å². The first-order chi connectivity index (χ1) is 10.1. The van der Waals surface area contributed by atoms with Gasteiger partial charge in [0, 0.05) is 18.3 Å². The number of hydrogen-bond donors (Lipinski definition) is 1. The van der Waals surface area contributed by atoms with Crippen molar-refractivity contribution < 1.29 is 9.15 Å². The molecule has 0 spiro atoms. The second kappa shape index (κ2) is 7.26. The molecule has 0 saturated carbocycles. The number of nitrogens with zero attached hydrogens (tertiary/aromatic N) is 4. The molecule has 0 saturated heterocycles. The number of nitrogens with one attached hydrogen (secondary N) is 1. The Hall–Kier alpha value is -1.83. The van der Waals surface area contributed by atoms with E-state index in [1.54, 1.807) is 0 Å². The molecule has 7 nitrogen and oxygen atoms in total. The van der Waals surface area contributed by atoms with Crippen molar-refractivity contribution in [3.05, 3.63) is 11.5 Å². The molecule has 1 N–H and O–H groups in total. The van der Waals surface area contributed by atoms with E-state index in [2.05, 4.69) is 25.3 Å². The van der Waals surface area contributed by atoms with Crippen molar-refractivity contribution in [2.75, 3.05) is 18.5 Å². The maximum Gasteiger partial charge on any atom is 0.322 e. The van der Waals surface area contributed by atoms with Gasteiger partial charge in [0.25, 0.3) is 5.22 Å². The lowest BCUT2D eigenvalue weighted by molar-refractivity contribution is 0.288. The maximum atomic E-state index is 5.53. The molecule has 0 aliphatic heterocycles. The largest absolute Gasteiger partial charge is 0.463 e. The van der Waals surface area contributed by atoms with E-state index in [9.17, 15) is 0 Å². The molecule has 21 heavy (non-hydrogen) atoms. The average molecular weight is 309 g/mol. The zero-order chi connectivity index (χ0) is 15.2. The average Bonchev–Trinajstić information content (AvgIpc) is 2.75. The fourth-order valence-electron chi connectivity index (χ4n) is 1.44. The predicted molar refractivity (Wildman–Crippen MR) is 79.9 cm³/mol. The molecular weight excluding hydrogens is 290 g/mol. The van der Waals surface area contributed by atoms with Gasteiger partial charge in [-0.2, -0.15) is 15.0 Å². The van der Waals surface area contributed by atoms with Crippen molar-refractivity contribution in [1.82, 2.24) is 19.9 Å². The van der Waals surface area contributed by atoms with Crippen LogP contribution in [0.2, 0.25) is 0 Å². The molecule has 2 rings (SSSR count). The smallest absolute Gasteiger partial charge is 0.322 e. The van der Waals surface area contributed by atoms with Gasteiger partial charge in [-0.25, -0.2) is 4.98 Å². The van der Waals surface area contributed by atoms with E-state index in [0.29, 0.717) is 28.9 Å². The van der Waals surface area contributed by atoms with Crippen LogP contribution in [-0.2, 0) is 0 Å². The number of aryl methyl sites for hydroxylation is 2. The van der Waals surface area contributed by atoms with E-state index >= 15 is 0 Å². The zero-order valence-electron chi connectivity index (χ0n) is 12.6. The fourth-order valence-corrected chi connectivity index (χ4v) is 2.21. The Morgan fingerprint density at radius 3 is 2.57 bits per heavy atom. The van der Waals surface area contributed by atoms with Crippen LogP contribution < -0.4 is 10.1 Å². The van der Waals surface area contributed by atoms with E-state index in [-0.39, 0.29) is 0 Å². The highest BCUT2D eigenvalue weighted by atomic mass is 32.2. The Morgan fingerprint density at radius 1 is 1.14 bits per heavy atom. The highest BCUT2D eigenvalue weighted by molar-refractivity contribution is 7.98. The molecule has 0 fully saturated rings. The molecule has 114 valence electrons. The summed E-state index contributed by atoms with van der Waals surface area (Å²) in [6, 6.07) is 0.310. The van der Waals surface area contributed by atoms with Crippen LogP contribution in [0, 0.1) is 13.8 Å². The summed E-state index contributed by atoms with van der Waals surface area (Å²) in [5, 5.41) is 4.07. The Morgan fingerprint density at radius 2 is 1.95 bits per heavy atom. The molecule has 0 aliphatic carbocycles. The van der Waals surface area contributed by atoms with Gasteiger partial charge >= 0.3 is 6.01 Å². The van der Waals surface area contributed by atoms with Crippen molar-refractivity contribution in [2.45, 2.75) is 44.5 Å². The highest BCUT2D eigenvalue weighted by Gasteiger charge is 2.13. The summed E-state index contributed by atoms with van der Waals surface area (Å²) in [7, 11) is 0. The van der Waals surface area contributed by atoms with Crippen LogP contribution in [-0.4, -0.2) is 33.1 Å². The lowest BCUT2D eigenvalue weighted by Crippen LogP contribution is -2.07. The summed E-state index contributed by atoms with van der Waals surface area (Å²) < 4.78 is 11.0. The van der Waals surface area contributed by atoms with Crippen LogP contribution in [0.3, 0.4) is 0 Å². The van der Waals surface area contributed by atoms with E-state index in [1.165, 1.54) is 11.8 Å². The monoisotopic (exact) mass is 309 g/mol. The summed E-state index contributed by atoms with van der Waals surface area (Å²) in [5.41, 5.74) is 0.862. The summed E-state index contributed by atoms with van der Waals surface area (Å²) in [5.74, 6) is 1.28. The minimum absolute atomic E-state index is 0.310. The van der Waals surface area contributed by atoms with Crippen molar-refractivity contribution in [2.24, 2.45) is 0 Å². The fraction of sp³-hybridized carbons (Fsp3) is 0.538. The van der Waals surface area contributed by atoms with Gasteiger partial charge in [-0.1, -0.05) is 6.92 Å². The van der Waals surface area contributed by atoms with E-state index in [1.807, 2.05) is 27.7 Å². The Labute approximate surface area is 128 Å². The van der Waals surface area contributed by atoms with Crippen LogP contribution in [0.5, 0.6) is 6.01 Å². The lowest BCUT2D eigenvalue weighted by atomic mass is 10.4. The molecule has 0 aliphatic rings. The summed E-state index contributed by atoms with van der Waals surface area (Å²) in [6.45, 7) is 9.07. The van der Waals surface area contributed by atoms with Gasteiger partial charge in [-0.15, -0.1) is 0 Å². The number of hydrogen-bond acceptors (Lipinski definition) is 8. The van der Waals surface area contributed by atoms with Gasteiger partial charge in [-0.05, 0) is 27.2 Å². The van der Waals surface area contributed by atoms with Crippen molar-refractivity contribution in [3.8, 4) is 6.01 Å². The van der Waals surface area contributed by atoms with Gasteiger partial charge in [0.2, 0.25) is 11.1 Å². The first-order valence-corrected chi connectivity index (χ1v) is 7.68. The SMILES string of the molecule is CCCOc1nc(NCC)nc(Sc2nc(C)c(C)o2)n1. The van der Waals surface area contributed by atoms with E-state index in [4.69, 9.17) is 9.15 Å². The predicted octanol–water partition coefficient (Wildman–Crippen LogP) is 2.85. The molecule has 2 aromatic rings. The highest BCUT2D eigenvalue weighted by Crippen LogP contribution is 2.27. The number of oxazole rings is 1. The van der Waals surface area contributed by atoms with Crippen molar-refractivity contribution in [1.29, 1.82) is 0 Å². The molecule has 2 heterocycles. The molecule has 0 unspecified atom stereocenters. The number of aromatic nitrogens is 4. The third-order valence-corrected chi connectivity index (χ3v) is 3.27. The van der Waals surface area contributed by atoms with Crippen LogP contribution in [0.25, 0.3) is 0 Å². The van der Waals surface area contributed by atoms with E-state index < -0.39 is 0 Å². The second-order valence-electron chi connectivity index (χ2n) is 4.33. The molecule has 0 amide bonds.